The van der Waals surface area contributed by atoms with Crippen molar-refractivity contribution in [3.8, 4) is 0 Å². The molecular weight excluding hydrogens is 348 g/mol. The standard InChI is InChI=1S/C23H28N4O/c1-17(2)27-23-13-6-4-10-19(23)21(25-27)14-15-26-22-12-5-3-9-18(22)20(24-26)11-7-8-16-28/h3-6,9-10,12-13,17,28H,7-8,11,14-16H2,1-2H3. The molecule has 0 radical (unpaired) electrons. The normalized spacial score (nSPS) is 11.9. The zero-order chi connectivity index (χ0) is 19.5. The van der Waals surface area contributed by atoms with E-state index in [9.17, 15) is 0 Å². The number of aliphatic hydroxyl groups is 1. The first-order valence-electron chi connectivity index (χ1n) is 10.2. The van der Waals surface area contributed by atoms with Gasteiger partial charge in [-0.15, -0.1) is 0 Å². The topological polar surface area (TPSA) is 55.9 Å². The summed E-state index contributed by atoms with van der Waals surface area (Å²) in [5.74, 6) is 0. The summed E-state index contributed by atoms with van der Waals surface area (Å²) in [7, 11) is 0. The van der Waals surface area contributed by atoms with Crippen molar-refractivity contribution < 1.29 is 5.11 Å². The van der Waals surface area contributed by atoms with E-state index in [0.29, 0.717) is 6.04 Å². The van der Waals surface area contributed by atoms with Gasteiger partial charge in [-0.1, -0.05) is 36.4 Å². The molecule has 5 nitrogen and oxygen atoms in total. The van der Waals surface area contributed by atoms with Crippen molar-refractivity contribution in [3.63, 3.8) is 0 Å². The maximum atomic E-state index is 9.07. The molecular formula is C23H28N4O. The number of hydrogen-bond acceptors (Lipinski definition) is 3. The molecule has 0 saturated heterocycles. The fourth-order valence-electron chi connectivity index (χ4n) is 3.90. The molecule has 4 aromatic rings. The average Bonchev–Trinajstić information content (AvgIpc) is 3.26. The largest absolute Gasteiger partial charge is 0.396 e. The number of aliphatic hydroxyl groups excluding tert-OH is 1. The molecule has 0 aliphatic carbocycles. The Balaban J connectivity index is 1.62. The Morgan fingerprint density at radius 2 is 1.46 bits per heavy atom. The summed E-state index contributed by atoms with van der Waals surface area (Å²) >= 11 is 0. The number of nitrogens with zero attached hydrogens (tertiary/aromatic N) is 4. The minimum absolute atomic E-state index is 0.240. The molecule has 2 aromatic heterocycles. The SMILES string of the molecule is CC(C)n1nc(CCn2nc(CCCCO)c3ccccc32)c2ccccc21. The summed E-state index contributed by atoms with van der Waals surface area (Å²) in [5, 5.41) is 21.3. The van der Waals surface area contributed by atoms with Crippen LogP contribution in [0.15, 0.2) is 48.5 Å². The molecule has 0 fully saturated rings. The van der Waals surface area contributed by atoms with Gasteiger partial charge in [0.25, 0.3) is 0 Å². The summed E-state index contributed by atoms with van der Waals surface area (Å²) in [4.78, 5) is 0. The van der Waals surface area contributed by atoms with Crippen LogP contribution in [-0.4, -0.2) is 31.3 Å². The van der Waals surface area contributed by atoms with Gasteiger partial charge < -0.3 is 5.11 Å². The van der Waals surface area contributed by atoms with Crippen LogP contribution in [0.3, 0.4) is 0 Å². The van der Waals surface area contributed by atoms with E-state index in [4.69, 9.17) is 15.3 Å². The molecule has 0 spiro atoms. The van der Waals surface area contributed by atoms with Gasteiger partial charge >= 0.3 is 0 Å². The van der Waals surface area contributed by atoms with Crippen LogP contribution < -0.4 is 0 Å². The molecule has 1 N–H and O–H groups in total. The molecule has 5 heteroatoms. The Hall–Kier alpha value is -2.66. The first-order chi connectivity index (χ1) is 13.7. The predicted octanol–water partition coefficient (Wildman–Crippen LogP) is 4.52. The highest BCUT2D eigenvalue weighted by Crippen LogP contribution is 2.24. The van der Waals surface area contributed by atoms with Gasteiger partial charge in [0.2, 0.25) is 0 Å². The number of unbranched alkanes of at least 4 members (excludes halogenated alkanes) is 1. The zero-order valence-corrected chi connectivity index (χ0v) is 16.7. The van der Waals surface area contributed by atoms with Crippen molar-refractivity contribution in [1.82, 2.24) is 19.6 Å². The lowest BCUT2D eigenvalue weighted by Crippen LogP contribution is -2.06. The monoisotopic (exact) mass is 376 g/mol. The van der Waals surface area contributed by atoms with Crippen LogP contribution in [0, 0.1) is 0 Å². The van der Waals surface area contributed by atoms with E-state index in [1.165, 1.54) is 21.8 Å². The highest BCUT2D eigenvalue weighted by atomic mass is 16.2. The molecule has 0 atom stereocenters. The molecule has 4 rings (SSSR count). The second-order valence-corrected chi connectivity index (χ2v) is 7.62. The second kappa shape index (κ2) is 8.15. The number of benzene rings is 2. The smallest absolute Gasteiger partial charge is 0.0721 e. The third-order valence-corrected chi connectivity index (χ3v) is 5.30. The Bertz CT molecular complexity index is 1080. The van der Waals surface area contributed by atoms with Crippen molar-refractivity contribution in [2.45, 2.75) is 52.1 Å². The molecule has 2 heterocycles. The Labute approximate surface area is 165 Å². The maximum absolute atomic E-state index is 9.07. The molecule has 0 amide bonds. The molecule has 0 saturated carbocycles. The molecule has 0 aliphatic heterocycles. The molecule has 2 aromatic carbocycles. The van der Waals surface area contributed by atoms with Crippen LogP contribution in [-0.2, 0) is 19.4 Å². The van der Waals surface area contributed by atoms with Gasteiger partial charge in [0.1, 0.15) is 0 Å². The highest BCUT2D eigenvalue weighted by Gasteiger charge is 2.14. The van der Waals surface area contributed by atoms with E-state index in [0.717, 1.165) is 43.6 Å². The quantitative estimate of drug-likeness (QED) is 0.460. The number of para-hydroxylation sites is 2. The summed E-state index contributed by atoms with van der Waals surface area (Å²) in [5.41, 5.74) is 4.63. The number of fused-ring (bicyclic) bond motifs is 2. The maximum Gasteiger partial charge on any atom is 0.0721 e. The Kier molecular flexibility index (Phi) is 5.44. The summed E-state index contributed by atoms with van der Waals surface area (Å²) in [6.07, 6.45) is 3.53. The van der Waals surface area contributed by atoms with Gasteiger partial charge in [0, 0.05) is 36.4 Å². The van der Waals surface area contributed by atoms with Gasteiger partial charge in [-0.2, -0.15) is 10.2 Å². The van der Waals surface area contributed by atoms with Crippen molar-refractivity contribution in [1.29, 1.82) is 0 Å². The van der Waals surface area contributed by atoms with Crippen molar-refractivity contribution in [2.75, 3.05) is 6.61 Å². The molecule has 0 aliphatic rings. The van der Waals surface area contributed by atoms with E-state index >= 15 is 0 Å². The van der Waals surface area contributed by atoms with Crippen LogP contribution in [0.25, 0.3) is 21.8 Å². The van der Waals surface area contributed by atoms with Gasteiger partial charge in [-0.25, -0.2) is 0 Å². The zero-order valence-electron chi connectivity index (χ0n) is 16.7. The molecule has 28 heavy (non-hydrogen) atoms. The summed E-state index contributed by atoms with van der Waals surface area (Å²) in [6, 6.07) is 17.2. The lowest BCUT2D eigenvalue weighted by atomic mass is 10.1. The third kappa shape index (κ3) is 3.54. The fraction of sp³-hybridized carbons (Fsp3) is 0.391. The minimum Gasteiger partial charge on any atom is -0.396 e. The van der Waals surface area contributed by atoms with Crippen molar-refractivity contribution in [2.24, 2.45) is 0 Å². The summed E-state index contributed by atoms with van der Waals surface area (Å²) in [6.45, 7) is 5.38. The van der Waals surface area contributed by atoms with Gasteiger partial charge in [-0.05, 0) is 45.2 Å². The fourth-order valence-corrected chi connectivity index (χ4v) is 3.90. The van der Waals surface area contributed by atoms with E-state index in [1.54, 1.807) is 0 Å². The van der Waals surface area contributed by atoms with Gasteiger partial charge in [-0.3, -0.25) is 9.36 Å². The number of aryl methyl sites for hydroxylation is 3. The summed E-state index contributed by atoms with van der Waals surface area (Å²) < 4.78 is 4.24. The van der Waals surface area contributed by atoms with E-state index in [2.05, 4.69) is 71.7 Å². The first-order valence-corrected chi connectivity index (χ1v) is 10.2. The van der Waals surface area contributed by atoms with Gasteiger partial charge in [0.15, 0.2) is 0 Å². The Morgan fingerprint density at radius 3 is 2.18 bits per heavy atom. The van der Waals surface area contributed by atoms with Crippen LogP contribution in [0.4, 0.5) is 0 Å². The number of hydrogen-bond donors (Lipinski definition) is 1. The number of rotatable bonds is 8. The lowest BCUT2D eigenvalue weighted by Gasteiger charge is -2.06. The highest BCUT2D eigenvalue weighted by molar-refractivity contribution is 5.83. The first kappa shape index (κ1) is 18.7. The Morgan fingerprint density at radius 1 is 0.821 bits per heavy atom. The van der Waals surface area contributed by atoms with E-state index < -0.39 is 0 Å². The van der Waals surface area contributed by atoms with Gasteiger partial charge in [0.05, 0.1) is 22.4 Å². The molecule has 146 valence electrons. The van der Waals surface area contributed by atoms with Crippen molar-refractivity contribution in [3.05, 3.63) is 59.9 Å². The van der Waals surface area contributed by atoms with Crippen molar-refractivity contribution >= 4 is 21.8 Å². The van der Waals surface area contributed by atoms with E-state index in [1.807, 2.05) is 0 Å². The van der Waals surface area contributed by atoms with Crippen LogP contribution in [0.1, 0.15) is 44.1 Å². The van der Waals surface area contributed by atoms with Crippen LogP contribution in [0.5, 0.6) is 0 Å². The van der Waals surface area contributed by atoms with Crippen LogP contribution in [0.2, 0.25) is 0 Å². The third-order valence-electron chi connectivity index (χ3n) is 5.30. The average molecular weight is 377 g/mol. The lowest BCUT2D eigenvalue weighted by molar-refractivity contribution is 0.284. The molecule has 0 bridgehead atoms. The number of aromatic nitrogens is 4. The minimum atomic E-state index is 0.240. The second-order valence-electron chi connectivity index (χ2n) is 7.62. The van der Waals surface area contributed by atoms with E-state index in [-0.39, 0.29) is 6.61 Å². The molecule has 0 unspecified atom stereocenters. The van der Waals surface area contributed by atoms with Crippen LogP contribution >= 0.6 is 0 Å². The predicted molar refractivity (Wildman–Crippen MR) is 114 cm³/mol.